The van der Waals surface area contributed by atoms with Crippen molar-refractivity contribution in [2.75, 3.05) is 12.4 Å². The molecule has 5 nitrogen and oxygen atoms in total. The molecule has 180 valence electrons. The average Bonchev–Trinajstić information content (AvgIpc) is 3.58. The van der Waals surface area contributed by atoms with Crippen molar-refractivity contribution in [3.63, 3.8) is 0 Å². The summed E-state index contributed by atoms with van der Waals surface area (Å²) in [6.07, 6.45) is 5.32. The molecule has 0 unspecified atom stereocenters. The number of halogens is 2. The van der Waals surface area contributed by atoms with Gasteiger partial charge in [-0.15, -0.1) is 10.2 Å². The van der Waals surface area contributed by atoms with Crippen molar-refractivity contribution in [3.05, 3.63) is 64.6 Å². The fourth-order valence-electron chi connectivity index (χ4n) is 5.52. The SMILES string of the molecule is C[C@@H]([C@H]1C[C@H]2CC[C@H]1C2)n1c(COc2ccccc2F)nnc1SCCOc1ccc(Br)cc1. The molecule has 2 aromatic carbocycles. The lowest BCUT2D eigenvalue weighted by Gasteiger charge is -2.30. The highest BCUT2D eigenvalue weighted by Gasteiger charge is 2.43. The van der Waals surface area contributed by atoms with Crippen molar-refractivity contribution < 1.29 is 13.9 Å². The van der Waals surface area contributed by atoms with Gasteiger partial charge in [0.2, 0.25) is 0 Å². The van der Waals surface area contributed by atoms with Gasteiger partial charge in [0.25, 0.3) is 0 Å². The van der Waals surface area contributed by atoms with Gasteiger partial charge in [-0.2, -0.15) is 0 Å². The first-order valence-corrected chi connectivity index (χ1v) is 13.7. The first-order chi connectivity index (χ1) is 16.6. The van der Waals surface area contributed by atoms with Gasteiger partial charge < -0.3 is 9.47 Å². The number of para-hydroxylation sites is 1. The molecule has 2 fully saturated rings. The number of ether oxygens (including phenoxy) is 2. The van der Waals surface area contributed by atoms with Crippen molar-refractivity contribution in [2.24, 2.45) is 17.8 Å². The molecule has 0 aliphatic heterocycles. The molecule has 4 atom stereocenters. The van der Waals surface area contributed by atoms with Crippen LogP contribution >= 0.6 is 27.7 Å². The largest absolute Gasteiger partial charge is 0.493 e. The van der Waals surface area contributed by atoms with Crippen LogP contribution in [-0.2, 0) is 6.61 Å². The number of hydrogen-bond donors (Lipinski definition) is 0. The highest BCUT2D eigenvalue weighted by Crippen LogP contribution is 2.52. The molecule has 2 bridgehead atoms. The highest BCUT2D eigenvalue weighted by molar-refractivity contribution is 9.10. The summed E-state index contributed by atoms with van der Waals surface area (Å²) in [6, 6.07) is 14.6. The maximum atomic E-state index is 14.1. The summed E-state index contributed by atoms with van der Waals surface area (Å²) >= 11 is 5.09. The number of fused-ring (bicyclic) bond motifs is 2. The van der Waals surface area contributed by atoms with Crippen LogP contribution in [0.4, 0.5) is 4.39 Å². The van der Waals surface area contributed by atoms with Crippen LogP contribution in [0.1, 0.15) is 44.5 Å². The van der Waals surface area contributed by atoms with E-state index in [4.69, 9.17) is 9.47 Å². The zero-order valence-electron chi connectivity index (χ0n) is 19.2. The van der Waals surface area contributed by atoms with E-state index in [1.165, 1.54) is 31.7 Å². The topological polar surface area (TPSA) is 49.2 Å². The molecule has 0 amide bonds. The molecule has 2 aliphatic rings. The number of benzene rings is 2. The molecular weight excluding hydrogens is 517 g/mol. The van der Waals surface area contributed by atoms with Crippen LogP contribution in [0, 0.1) is 23.6 Å². The van der Waals surface area contributed by atoms with Crippen LogP contribution < -0.4 is 9.47 Å². The molecule has 1 aromatic heterocycles. The van der Waals surface area contributed by atoms with Crippen molar-refractivity contribution in [1.82, 2.24) is 14.8 Å². The third-order valence-corrected chi connectivity index (χ3v) is 8.58. The van der Waals surface area contributed by atoms with Gasteiger partial charge in [-0.25, -0.2) is 4.39 Å². The Morgan fingerprint density at radius 1 is 1.09 bits per heavy atom. The van der Waals surface area contributed by atoms with Crippen LogP contribution in [0.25, 0.3) is 0 Å². The zero-order chi connectivity index (χ0) is 23.5. The van der Waals surface area contributed by atoms with Crippen LogP contribution in [0.15, 0.2) is 58.2 Å². The van der Waals surface area contributed by atoms with Gasteiger partial charge in [-0.05, 0) is 80.3 Å². The van der Waals surface area contributed by atoms with Gasteiger partial charge in [0, 0.05) is 16.3 Å². The Bertz CT molecular complexity index is 1110. The quantitative estimate of drug-likeness (QED) is 0.204. The predicted molar refractivity (Wildman–Crippen MR) is 135 cm³/mol. The molecule has 2 aliphatic carbocycles. The minimum absolute atomic E-state index is 0.190. The van der Waals surface area contributed by atoms with Gasteiger partial charge in [0.15, 0.2) is 22.5 Å². The Morgan fingerprint density at radius 2 is 1.91 bits per heavy atom. The van der Waals surface area contributed by atoms with E-state index < -0.39 is 0 Å². The molecule has 0 radical (unpaired) electrons. The van der Waals surface area contributed by atoms with E-state index in [9.17, 15) is 4.39 Å². The Balaban J connectivity index is 1.28. The second-order valence-electron chi connectivity index (χ2n) is 9.22. The maximum absolute atomic E-state index is 14.1. The highest BCUT2D eigenvalue weighted by atomic mass is 79.9. The molecule has 1 heterocycles. The Labute approximate surface area is 212 Å². The monoisotopic (exact) mass is 545 g/mol. The summed E-state index contributed by atoms with van der Waals surface area (Å²) in [5.74, 6) is 4.49. The molecule has 0 saturated heterocycles. The van der Waals surface area contributed by atoms with Crippen LogP contribution in [-0.4, -0.2) is 27.1 Å². The molecule has 3 aromatic rings. The van der Waals surface area contributed by atoms with Crippen molar-refractivity contribution >= 4 is 27.7 Å². The number of thioether (sulfide) groups is 1. The fraction of sp³-hybridized carbons (Fsp3) is 0.462. The molecule has 34 heavy (non-hydrogen) atoms. The van der Waals surface area contributed by atoms with Crippen LogP contribution in [0.5, 0.6) is 11.5 Å². The number of nitrogens with zero attached hydrogens (tertiary/aromatic N) is 3. The van der Waals surface area contributed by atoms with Crippen molar-refractivity contribution in [2.45, 2.75) is 50.4 Å². The molecular formula is C26H29BrFN3O2S. The maximum Gasteiger partial charge on any atom is 0.191 e. The lowest BCUT2D eigenvalue weighted by Crippen LogP contribution is -2.24. The van der Waals surface area contributed by atoms with Crippen molar-refractivity contribution in [1.29, 1.82) is 0 Å². The predicted octanol–water partition coefficient (Wildman–Crippen LogP) is 6.93. The van der Waals surface area contributed by atoms with E-state index in [2.05, 4.69) is 37.6 Å². The van der Waals surface area contributed by atoms with Crippen molar-refractivity contribution in [3.8, 4) is 11.5 Å². The number of hydrogen-bond acceptors (Lipinski definition) is 5. The van der Waals surface area contributed by atoms with E-state index in [1.54, 1.807) is 30.0 Å². The Morgan fingerprint density at radius 3 is 2.65 bits per heavy atom. The van der Waals surface area contributed by atoms with E-state index >= 15 is 0 Å². The third kappa shape index (κ3) is 5.28. The first-order valence-electron chi connectivity index (χ1n) is 11.9. The molecule has 5 rings (SSSR count). The lowest BCUT2D eigenvalue weighted by molar-refractivity contribution is 0.215. The summed E-state index contributed by atoms with van der Waals surface area (Å²) in [4.78, 5) is 0. The third-order valence-electron chi connectivity index (χ3n) is 7.15. The van der Waals surface area contributed by atoms with E-state index in [0.29, 0.717) is 12.5 Å². The summed E-state index contributed by atoms with van der Waals surface area (Å²) in [6.45, 7) is 3.04. The lowest BCUT2D eigenvalue weighted by atomic mass is 9.84. The molecule has 0 N–H and O–H groups in total. The number of rotatable bonds is 10. The minimum Gasteiger partial charge on any atom is -0.493 e. The standard InChI is InChI=1S/C26H29BrFN3O2S/c1-17(22-15-18-6-7-19(22)14-18)31-25(16-33-24-5-3-2-4-23(24)28)29-30-26(31)34-13-12-32-21-10-8-20(27)9-11-21/h2-5,8-11,17-19,22H,6-7,12-16H2,1H3/t17-,18-,19-,22+/m0/s1. The van der Waals surface area contributed by atoms with Gasteiger partial charge in [0.1, 0.15) is 12.4 Å². The van der Waals surface area contributed by atoms with E-state index in [0.717, 1.165) is 38.8 Å². The Hall–Kier alpha value is -2.06. The first kappa shape index (κ1) is 23.7. The van der Waals surface area contributed by atoms with E-state index in [-0.39, 0.29) is 24.2 Å². The molecule has 8 heteroatoms. The fourth-order valence-corrected chi connectivity index (χ4v) is 6.64. The smallest absolute Gasteiger partial charge is 0.191 e. The van der Waals surface area contributed by atoms with Gasteiger partial charge in [-0.1, -0.05) is 46.2 Å². The minimum atomic E-state index is -0.366. The summed E-state index contributed by atoms with van der Waals surface area (Å²) in [5, 5.41) is 9.84. The summed E-state index contributed by atoms with van der Waals surface area (Å²) in [7, 11) is 0. The Kier molecular flexibility index (Phi) is 7.44. The molecule has 0 spiro atoms. The van der Waals surface area contributed by atoms with Gasteiger partial charge >= 0.3 is 0 Å². The normalized spacial score (nSPS) is 22.1. The van der Waals surface area contributed by atoms with Crippen LogP contribution in [0.2, 0.25) is 0 Å². The second-order valence-corrected chi connectivity index (χ2v) is 11.2. The molecule has 2 saturated carbocycles. The van der Waals surface area contributed by atoms with Gasteiger partial charge in [-0.3, -0.25) is 4.57 Å². The second kappa shape index (κ2) is 10.7. The number of aromatic nitrogens is 3. The van der Waals surface area contributed by atoms with Gasteiger partial charge in [0.05, 0.1) is 6.61 Å². The summed E-state index contributed by atoms with van der Waals surface area (Å²) in [5.41, 5.74) is 0. The van der Waals surface area contributed by atoms with Crippen LogP contribution in [0.3, 0.4) is 0 Å². The average molecular weight is 547 g/mol. The van der Waals surface area contributed by atoms with E-state index in [1.807, 2.05) is 24.3 Å². The summed E-state index contributed by atoms with van der Waals surface area (Å²) < 4.78 is 29.0. The zero-order valence-corrected chi connectivity index (χ0v) is 21.6.